The number of thioether (sulfide) groups is 1. The van der Waals surface area contributed by atoms with E-state index in [0.29, 0.717) is 12.4 Å². The Morgan fingerprint density at radius 2 is 2.08 bits per heavy atom. The molecule has 1 fully saturated rings. The summed E-state index contributed by atoms with van der Waals surface area (Å²) < 4.78 is 5.61. The van der Waals surface area contributed by atoms with E-state index in [4.69, 9.17) is 4.74 Å². The third kappa shape index (κ3) is 4.64. The van der Waals surface area contributed by atoms with E-state index in [1.54, 1.807) is 11.8 Å². The highest BCUT2D eigenvalue weighted by Crippen LogP contribution is 2.38. The van der Waals surface area contributed by atoms with Gasteiger partial charge in [0.15, 0.2) is 0 Å². The van der Waals surface area contributed by atoms with Gasteiger partial charge in [0.2, 0.25) is 5.91 Å². The predicted molar refractivity (Wildman–Crippen MR) is 101 cm³/mol. The van der Waals surface area contributed by atoms with Crippen LogP contribution in [0.4, 0.5) is 0 Å². The van der Waals surface area contributed by atoms with Crippen molar-refractivity contribution in [1.82, 2.24) is 14.9 Å². The lowest BCUT2D eigenvalue weighted by molar-refractivity contribution is -0.128. The fourth-order valence-electron chi connectivity index (χ4n) is 2.84. The zero-order valence-corrected chi connectivity index (χ0v) is 15.4. The molecule has 1 N–H and O–H groups in total. The van der Waals surface area contributed by atoms with Crippen molar-refractivity contribution in [3.05, 3.63) is 42.2 Å². The number of aromatic nitrogens is 2. The van der Waals surface area contributed by atoms with E-state index in [1.807, 2.05) is 41.4 Å². The van der Waals surface area contributed by atoms with Crippen molar-refractivity contribution in [1.29, 1.82) is 0 Å². The molecule has 0 radical (unpaired) electrons. The van der Waals surface area contributed by atoms with Gasteiger partial charge in [0, 0.05) is 25.3 Å². The summed E-state index contributed by atoms with van der Waals surface area (Å²) in [6.07, 6.45) is 4.96. The van der Waals surface area contributed by atoms with Crippen molar-refractivity contribution in [2.45, 2.75) is 31.6 Å². The molecule has 2 heterocycles. The number of hydrogen-bond donors (Lipinski definition) is 1. The summed E-state index contributed by atoms with van der Waals surface area (Å²) in [5.74, 6) is 1.57. The number of aromatic amines is 1. The van der Waals surface area contributed by atoms with E-state index >= 15 is 0 Å². The molecule has 3 rings (SSSR count). The topological polar surface area (TPSA) is 58.2 Å². The maximum atomic E-state index is 12.2. The molecule has 1 unspecified atom stereocenters. The molecule has 0 saturated carbocycles. The highest BCUT2D eigenvalue weighted by molar-refractivity contribution is 8.00. The Bertz CT molecular complexity index is 674. The summed E-state index contributed by atoms with van der Waals surface area (Å²) in [5.41, 5.74) is 2.04. The van der Waals surface area contributed by atoms with Crippen LogP contribution in [0.25, 0.3) is 11.4 Å². The minimum absolute atomic E-state index is 0.0214. The number of ether oxygens (including phenoxy) is 1. The summed E-state index contributed by atoms with van der Waals surface area (Å²) in [7, 11) is 0. The second-order valence-electron chi connectivity index (χ2n) is 6.12. The molecule has 1 aromatic heterocycles. The molecular weight excluding hydrogens is 334 g/mol. The van der Waals surface area contributed by atoms with Gasteiger partial charge in [0.05, 0.1) is 17.6 Å². The van der Waals surface area contributed by atoms with E-state index in [1.165, 1.54) is 0 Å². The Morgan fingerprint density at radius 3 is 2.88 bits per heavy atom. The second kappa shape index (κ2) is 9.06. The first-order valence-electron chi connectivity index (χ1n) is 8.88. The van der Waals surface area contributed by atoms with Crippen molar-refractivity contribution in [2.24, 2.45) is 0 Å². The van der Waals surface area contributed by atoms with Crippen LogP contribution in [0.1, 0.15) is 37.3 Å². The normalized spacial score (nSPS) is 17.4. The lowest BCUT2D eigenvalue weighted by atomic mass is 10.2. The number of benzene rings is 1. The maximum absolute atomic E-state index is 12.2. The fraction of sp³-hybridized carbons (Fsp3) is 0.474. The van der Waals surface area contributed by atoms with Crippen LogP contribution in [0.3, 0.4) is 0 Å². The van der Waals surface area contributed by atoms with Crippen LogP contribution < -0.4 is 0 Å². The van der Waals surface area contributed by atoms with Gasteiger partial charge in [0.25, 0.3) is 0 Å². The van der Waals surface area contributed by atoms with Crippen LogP contribution in [0, 0.1) is 0 Å². The largest absolute Gasteiger partial charge is 0.381 e. The molecular formula is C19H25N3O2S. The Morgan fingerprint density at radius 1 is 1.28 bits per heavy atom. The van der Waals surface area contributed by atoms with Gasteiger partial charge in [-0.25, -0.2) is 4.98 Å². The summed E-state index contributed by atoms with van der Waals surface area (Å²) in [5, 5.41) is 0.0214. The van der Waals surface area contributed by atoms with Crippen LogP contribution in [-0.2, 0) is 9.53 Å². The molecule has 1 aromatic carbocycles. The zero-order chi connectivity index (χ0) is 17.5. The minimum atomic E-state index is 0.0214. The molecule has 0 aliphatic carbocycles. The number of amides is 1. The SMILES string of the molecule is CCCCOCCCN1C(=O)CSC1c1cnc(-c2ccccc2)[nH]1. The van der Waals surface area contributed by atoms with Crippen LogP contribution in [0.2, 0.25) is 0 Å². The first kappa shape index (κ1) is 18.0. The van der Waals surface area contributed by atoms with E-state index in [-0.39, 0.29) is 11.3 Å². The molecule has 1 saturated heterocycles. The second-order valence-corrected chi connectivity index (χ2v) is 7.19. The van der Waals surface area contributed by atoms with Crippen molar-refractivity contribution in [3.8, 4) is 11.4 Å². The fourth-order valence-corrected chi connectivity index (χ4v) is 4.01. The molecule has 0 spiro atoms. The van der Waals surface area contributed by atoms with Gasteiger partial charge in [0.1, 0.15) is 11.2 Å². The smallest absolute Gasteiger partial charge is 0.233 e. The lowest BCUT2D eigenvalue weighted by Gasteiger charge is -2.22. The van der Waals surface area contributed by atoms with Gasteiger partial charge in [-0.3, -0.25) is 4.79 Å². The average molecular weight is 359 g/mol. The van der Waals surface area contributed by atoms with Crippen molar-refractivity contribution in [2.75, 3.05) is 25.5 Å². The van der Waals surface area contributed by atoms with Crippen LogP contribution in [-0.4, -0.2) is 46.3 Å². The number of nitrogens with zero attached hydrogens (tertiary/aromatic N) is 2. The first-order valence-corrected chi connectivity index (χ1v) is 9.93. The number of rotatable bonds is 9. The predicted octanol–water partition coefficient (Wildman–Crippen LogP) is 3.86. The average Bonchev–Trinajstić information content (AvgIpc) is 3.26. The van der Waals surface area contributed by atoms with E-state index in [9.17, 15) is 4.79 Å². The van der Waals surface area contributed by atoms with E-state index in [2.05, 4.69) is 16.9 Å². The number of carbonyl (C=O) groups is 1. The quantitative estimate of drug-likeness (QED) is 0.691. The lowest BCUT2D eigenvalue weighted by Crippen LogP contribution is -2.30. The third-order valence-corrected chi connectivity index (χ3v) is 5.44. The Balaban J connectivity index is 1.59. The summed E-state index contributed by atoms with van der Waals surface area (Å²) >= 11 is 1.66. The molecule has 134 valence electrons. The number of H-pyrrole nitrogens is 1. The molecule has 2 aromatic rings. The van der Waals surface area contributed by atoms with E-state index < -0.39 is 0 Å². The molecule has 6 heteroatoms. The zero-order valence-electron chi connectivity index (χ0n) is 14.6. The number of carbonyl (C=O) groups excluding carboxylic acids is 1. The third-order valence-electron chi connectivity index (χ3n) is 4.21. The van der Waals surface area contributed by atoms with Gasteiger partial charge in [-0.05, 0) is 12.8 Å². The van der Waals surface area contributed by atoms with Gasteiger partial charge in [-0.15, -0.1) is 11.8 Å². The monoisotopic (exact) mass is 359 g/mol. The van der Waals surface area contributed by atoms with Crippen molar-refractivity contribution in [3.63, 3.8) is 0 Å². The Kier molecular flexibility index (Phi) is 6.53. The molecule has 0 bridgehead atoms. The number of imidazole rings is 1. The highest BCUT2D eigenvalue weighted by atomic mass is 32.2. The first-order chi connectivity index (χ1) is 12.3. The van der Waals surface area contributed by atoms with Crippen molar-refractivity contribution < 1.29 is 9.53 Å². The Labute approximate surface area is 153 Å². The van der Waals surface area contributed by atoms with E-state index in [0.717, 1.165) is 49.5 Å². The number of nitrogens with one attached hydrogen (secondary N) is 1. The molecule has 1 aliphatic heterocycles. The van der Waals surface area contributed by atoms with Gasteiger partial charge >= 0.3 is 0 Å². The molecule has 5 nitrogen and oxygen atoms in total. The number of hydrogen-bond acceptors (Lipinski definition) is 4. The van der Waals surface area contributed by atoms with Crippen molar-refractivity contribution >= 4 is 17.7 Å². The highest BCUT2D eigenvalue weighted by Gasteiger charge is 2.33. The minimum Gasteiger partial charge on any atom is -0.381 e. The van der Waals surface area contributed by atoms with Gasteiger partial charge < -0.3 is 14.6 Å². The Hall–Kier alpha value is -1.79. The number of unbranched alkanes of at least 4 members (excludes halogenated alkanes) is 1. The summed E-state index contributed by atoms with van der Waals surface area (Å²) in [6, 6.07) is 10.0. The standard InChI is InChI=1S/C19H25N3O2S/c1-2-3-11-24-12-7-10-22-17(23)14-25-19(22)16-13-20-18(21-16)15-8-5-4-6-9-15/h4-6,8-9,13,19H,2-3,7,10-12,14H2,1H3,(H,20,21). The van der Waals surface area contributed by atoms with Crippen LogP contribution in [0.5, 0.6) is 0 Å². The molecule has 1 amide bonds. The van der Waals surface area contributed by atoms with Crippen LogP contribution >= 0.6 is 11.8 Å². The summed E-state index contributed by atoms with van der Waals surface area (Å²) in [6.45, 7) is 4.40. The molecule has 1 aliphatic rings. The van der Waals surface area contributed by atoms with Gasteiger partial charge in [-0.2, -0.15) is 0 Å². The molecule has 1 atom stereocenters. The molecule has 25 heavy (non-hydrogen) atoms. The summed E-state index contributed by atoms with van der Waals surface area (Å²) in [4.78, 5) is 22.0. The van der Waals surface area contributed by atoms with Crippen LogP contribution in [0.15, 0.2) is 36.5 Å². The van der Waals surface area contributed by atoms with Gasteiger partial charge in [-0.1, -0.05) is 43.7 Å². The maximum Gasteiger partial charge on any atom is 0.233 e.